The largest absolute Gasteiger partial charge is 0.369 e. The van der Waals surface area contributed by atoms with E-state index in [1.165, 1.54) is 24.3 Å². The van der Waals surface area contributed by atoms with E-state index < -0.39 is 11.8 Å². The van der Waals surface area contributed by atoms with Crippen molar-refractivity contribution in [2.45, 2.75) is 0 Å². The van der Waals surface area contributed by atoms with Gasteiger partial charge in [-0.1, -0.05) is 18.2 Å². The normalized spacial score (nSPS) is 22.6. The Balaban J connectivity index is 2.79. The van der Waals surface area contributed by atoms with E-state index >= 15 is 0 Å². The van der Waals surface area contributed by atoms with E-state index in [-0.39, 0.29) is 5.83 Å². The van der Waals surface area contributed by atoms with Gasteiger partial charge in [0.2, 0.25) is 5.91 Å². The molecule has 1 aliphatic carbocycles. The Morgan fingerprint density at radius 2 is 2.27 bits per heavy atom. The smallest absolute Gasteiger partial charge is 0.228 e. The average molecular weight is 153 g/mol. The second kappa shape index (κ2) is 3.14. The number of hydrogen-bond donors (Lipinski definition) is 1. The molecule has 0 aromatic carbocycles. The molecule has 2 N–H and O–H groups in total. The fraction of sp³-hybridized carbons (Fsp3) is 0.125. The van der Waals surface area contributed by atoms with Crippen LogP contribution in [0.15, 0.2) is 36.2 Å². The van der Waals surface area contributed by atoms with Crippen molar-refractivity contribution >= 4 is 5.91 Å². The maximum absolute atomic E-state index is 12.5. The molecule has 0 saturated heterocycles. The van der Waals surface area contributed by atoms with E-state index in [1.807, 2.05) is 0 Å². The fourth-order valence-electron chi connectivity index (χ4n) is 0.772. The van der Waals surface area contributed by atoms with E-state index in [1.54, 1.807) is 6.08 Å². The molecule has 3 heteroatoms. The molecular formula is C8H8FNO. The van der Waals surface area contributed by atoms with Gasteiger partial charge in [0.25, 0.3) is 0 Å². The predicted molar refractivity (Wildman–Crippen MR) is 40.2 cm³/mol. The zero-order valence-electron chi connectivity index (χ0n) is 5.83. The summed E-state index contributed by atoms with van der Waals surface area (Å²) in [7, 11) is 0. The molecule has 0 fully saturated rings. The minimum absolute atomic E-state index is 0.370. The molecule has 0 bridgehead atoms. The minimum atomic E-state index is -0.487. The number of carbonyl (C=O) groups excluding carboxylic acids is 1. The van der Waals surface area contributed by atoms with E-state index in [0.29, 0.717) is 0 Å². The Bertz CT molecular complexity index is 253. The molecular weight excluding hydrogens is 145 g/mol. The van der Waals surface area contributed by atoms with Crippen LogP contribution in [0.25, 0.3) is 0 Å². The lowest BCUT2D eigenvalue weighted by Crippen LogP contribution is -2.19. The van der Waals surface area contributed by atoms with E-state index in [2.05, 4.69) is 0 Å². The van der Waals surface area contributed by atoms with Crippen LogP contribution in [0.3, 0.4) is 0 Å². The summed E-state index contributed by atoms with van der Waals surface area (Å²) < 4.78 is 12.5. The van der Waals surface area contributed by atoms with Crippen molar-refractivity contribution in [2.75, 3.05) is 0 Å². The summed E-state index contributed by atoms with van der Waals surface area (Å²) in [6.07, 6.45) is 6.96. The molecule has 0 aliphatic heterocycles. The Kier molecular flexibility index (Phi) is 2.21. The van der Waals surface area contributed by atoms with Gasteiger partial charge in [-0.2, -0.15) is 0 Å². The van der Waals surface area contributed by atoms with Crippen molar-refractivity contribution in [1.82, 2.24) is 0 Å². The summed E-state index contributed by atoms with van der Waals surface area (Å²) in [5, 5.41) is 0. The second-order valence-electron chi connectivity index (χ2n) is 2.22. The van der Waals surface area contributed by atoms with Gasteiger partial charge in [-0.15, -0.1) is 0 Å². The number of carbonyl (C=O) groups is 1. The SMILES string of the molecule is NC(=O)C1C=CC=C(F)C=C1. The molecule has 0 spiro atoms. The van der Waals surface area contributed by atoms with Gasteiger partial charge >= 0.3 is 0 Å². The maximum atomic E-state index is 12.5. The first-order valence-corrected chi connectivity index (χ1v) is 3.21. The van der Waals surface area contributed by atoms with Crippen molar-refractivity contribution in [2.24, 2.45) is 11.7 Å². The molecule has 0 radical (unpaired) electrons. The molecule has 1 aliphatic rings. The number of rotatable bonds is 1. The zero-order valence-corrected chi connectivity index (χ0v) is 5.83. The van der Waals surface area contributed by atoms with Gasteiger partial charge in [-0.25, -0.2) is 4.39 Å². The number of primary amides is 1. The molecule has 1 unspecified atom stereocenters. The Hall–Kier alpha value is -1.38. The van der Waals surface area contributed by atoms with Gasteiger partial charge < -0.3 is 5.73 Å². The van der Waals surface area contributed by atoms with Gasteiger partial charge in [0.15, 0.2) is 0 Å². The van der Waals surface area contributed by atoms with Crippen LogP contribution in [0.4, 0.5) is 4.39 Å². The molecule has 2 nitrogen and oxygen atoms in total. The number of nitrogens with two attached hydrogens (primary N) is 1. The van der Waals surface area contributed by atoms with E-state index in [4.69, 9.17) is 5.73 Å². The van der Waals surface area contributed by atoms with Gasteiger partial charge in [-0.05, 0) is 12.2 Å². The summed E-state index contributed by atoms with van der Waals surface area (Å²) >= 11 is 0. The Morgan fingerprint density at radius 3 is 2.91 bits per heavy atom. The van der Waals surface area contributed by atoms with Crippen molar-refractivity contribution in [3.63, 3.8) is 0 Å². The topological polar surface area (TPSA) is 43.1 Å². The molecule has 1 atom stereocenters. The summed E-state index contributed by atoms with van der Waals surface area (Å²) in [5.41, 5.74) is 5.00. The number of allylic oxidation sites excluding steroid dienone is 4. The highest BCUT2D eigenvalue weighted by Crippen LogP contribution is 2.09. The van der Waals surface area contributed by atoms with Crippen LogP contribution in [0.2, 0.25) is 0 Å². The lowest BCUT2D eigenvalue weighted by Gasteiger charge is -1.97. The van der Waals surface area contributed by atoms with Crippen LogP contribution < -0.4 is 5.73 Å². The van der Waals surface area contributed by atoms with Crippen LogP contribution in [0.5, 0.6) is 0 Å². The molecule has 1 amide bonds. The highest BCUT2D eigenvalue weighted by atomic mass is 19.1. The third kappa shape index (κ3) is 2.04. The second-order valence-corrected chi connectivity index (χ2v) is 2.22. The summed E-state index contributed by atoms with van der Waals surface area (Å²) in [4.78, 5) is 10.6. The standard InChI is InChI=1S/C8H8FNO/c9-7-3-1-2-6(4-5-7)8(10)11/h1-6H,(H2,10,11). The average Bonchev–Trinajstić information content (AvgIpc) is 2.13. The predicted octanol–water partition coefficient (Wildman–Crippen LogP) is 1.07. The Labute approximate surface area is 63.9 Å². The first kappa shape index (κ1) is 7.72. The van der Waals surface area contributed by atoms with Gasteiger partial charge in [-0.3, -0.25) is 4.79 Å². The third-order valence-corrected chi connectivity index (χ3v) is 1.37. The minimum Gasteiger partial charge on any atom is -0.369 e. The van der Waals surface area contributed by atoms with Crippen molar-refractivity contribution in [1.29, 1.82) is 0 Å². The van der Waals surface area contributed by atoms with Crippen LogP contribution in [-0.4, -0.2) is 5.91 Å². The molecule has 1 rings (SSSR count). The van der Waals surface area contributed by atoms with Crippen LogP contribution >= 0.6 is 0 Å². The summed E-state index contributed by atoms with van der Waals surface area (Å²) in [6.45, 7) is 0. The number of amides is 1. The molecule has 0 aromatic heterocycles. The van der Waals surface area contributed by atoms with Gasteiger partial charge in [0, 0.05) is 0 Å². The zero-order chi connectivity index (χ0) is 8.27. The lowest BCUT2D eigenvalue weighted by molar-refractivity contribution is -0.119. The molecule has 0 aromatic rings. The van der Waals surface area contributed by atoms with Crippen molar-refractivity contribution in [3.8, 4) is 0 Å². The summed E-state index contributed by atoms with van der Waals surface area (Å²) in [5.74, 6) is -1.33. The van der Waals surface area contributed by atoms with Crippen molar-refractivity contribution in [3.05, 3.63) is 36.2 Å². The Morgan fingerprint density at radius 1 is 1.55 bits per heavy atom. The van der Waals surface area contributed by atoms with E-state index in [9.17, 15) is 9.18 Å². The molecule has 11 heavy (non-hydrogen) atoms. The molecule has 0 saturated carbocycles. The first-order chi connectivity index (χ1) is 5.20. The highest BCUT2D eigenvalue weighted by Gasteiger charge is 2.07. The van der Waals surface area contributed by atoms with Gasteiger partial charge in [0.05, 0.1) is 5.92 Å². The number of halogens is 1. The van der Waals surface area contributed by atoms with Crippen LogP contribution in [-0.2, 0) is 4.79 Å². The lowest BCUT2D eigenvalue weighted by atomic mass is 10.1. The maximum Gasteiger partial charge on any atom is 0.228 e. The quantitative estimate of drug-likeness (QED) is 0.601. The van der Waals surface area contributed by atoms with Crippen LogP contribution in [0, 0.1) is 5.92 Å². The molecule has 0 heterocycles. The highest BCUT2D eigenvalue weighted by molar-refractivity contribution is 5.80. The monoisotopic (exact) mass is 153 g/mol. The summed E-state index contributed by atoms with van der Waals surface area (Å²) in [6, 6.07) is 0. The third-order valence-electron chi connectivity index (χ3n) is 1.37. The fourth-order valence-corrected chi connectivity index (χ4v) is 0.772. The first-order valence-electron chi connectivity index (χ1n) is 3.21. The van der Waals surface area contributed by atoms with Crippen LogP contribution in [0.1, 0.15) is 0 Å². The molecule has 58 valence electrons. The van der Waals surface area contributed by atoms with Gasteiger partial charge in [0.1, 0.15) is 5.83 Å². The van der Waals surface area contributed by atoms with Crippen molar-refractivity contribution < 1.29 is 9.18 Å². The van der Waals surface area contributed by atoms with E-state index in [0.717, 1.165) is 0 Å². The number of hydrogen-bond acceptors (Lipinski definition) is 1.